The molecule has 4 rings (SSSR count). The van der Waals surface area contributed by atoms with E-state index in [2.05, 4.69) is 23.5 Å². The van der Waals surface area contributed by atoms with Crippen LogP contribution in [0.2, 0.25) is 0 Å². The number of carbonyl (C=O) groups is 2. The van der Waals surface area contributed by atoms with Crippen LogP contribution in [0.1, 0.15) is 116 Å². The highest BCUT2D eigenvalue weighted by atomic mass is 19.4. The number of hydrogen-bond donors (Lipinski definition) is 0. The van der Waals surface area contributed by atoms with E-state index in [1.807, 2.05) is 23.6 Å². The minimum absolute atomic E-state index is 0.0171. The summed E-state index contributed by atoms with van der Waals surface area (Å²) in [5, 5.41) is 0. The molecular formula is C38H53F6N3O4. The molecule has 0 bridgehead atoms. The van der Waals surface area contributed by atoms with Crippen molar-refractivity contribution in [3.8, 4) is 0 Å². The first kappa shape index (κ1) is 41.9. The molecule has 286 valence electrons. The monoisotopic (exact) mass is 729 g/mol. The maximum atomic E-state index is 13.4. The van der Waals surface area contributed by atoms with Crippen LogP contribution in [0.15, 0.2) is 24.3 Å². The normalized spacial score (nSPS) is 16.4. The molecule has 2 aromatic carbocycles. The highest BCUT2D eigenvalue weighted by molar-refractivity contribution is 5.94. The summed E-state index contributed by atoms with van der Waals surface area (Å²) in [5.41, 5.74) is 0.358. The van der Waals surface area contributed by atoms with Gasteiger partial charge in [-0.2, -0.15) is 26.3 Å². The van der Waals surface area contributed by atoms with E-state index in [0.717, 1.165) is 63.7 Å². The lowest BCUT2D eigenvalue weighted by Crippen LogP contribution is -2.47. The summed E-state index contributed by atoms with van der Waals surface area (Å²) < 4.78 is 89.5. The van der Waals surface area contributed by atoms with Gasteiger partial charge in [0, 0.05) is 55.7 Å². The molecule has 1 aliphatic heterocycles. The van der Waals surface area contributed by atoms with Crippen molar-refractivity contribution in [3.05, 3.63) is 57.6 Å². The molecule has 13 heteroatoms. The van der Waals surface area contributed by atoms with E-state index in [4.69, 9.17) is 4.74 Å². The number of carbonyl (C=O) groups excluding carboxylic acids is 2. The van der Waals surface area contributed by atoms with Gasteiger partial charge in [-0.15, -0.1) is 0 Å². The number of likely N-dealkylation sites (tertiary alicyclic amines) is 1. The number of rotatable bonds is 9. The minimum Gasteiger partial charge on any atom is -0.465 e. The quantitative estimate of drug-likeness (QED) is 0.188. The molecule has 0 N–H and O–H groups in total. The van der Waals surface area contributed by atoms with Crippen molar-refractivity contribution < 1.29 is 45.4 Å². The van der Waals surface area contributed by atoms with E-state index in [-0.39, 0.29) is 23.2 Å². The lowest BCUT2D eigenvalue weighted by Gasteiger charge is -2.41. The van der Waals surface area contributed by atoms with Gasteiger partial charge in [-0.25, -0.2) is 9.59 Å². The number of nitrogens with zero attached hydrogens (tertiary/aromatic N) is 3. The van der Waals surface area contributed by atoms with Gasteiger partial charge in [-0.05, 0) is 103 Å². The fraction of sp³-hybridized carbons (Fsp3) is 0.632. The zero-order valence-corrected chi connectivity index (χ0v) is 31.1. The zero-order chi connectivity index (χ0) is 38.3. The number of halogens is 6. The molecule has 0 atom stereocenters. The Hall–Kier alpha value is -3.48. The molecular weight excluding hydrogens is 676 g/mol. The number of hydrogen-bond acceptors (Lipinski definition) is 7. The Labute approximate surface area is 298 Å². The number of piperidine rings is 1. The third kappa shape index (κ3) is 10.3. The SMILES string of the molecule is CCN(c1cc(C(F)(F)F)cc(C(=O)OC)c1C)C1CCCCC1.CCN(c1cc(C(F)(F)F)cc(C(=O)OC)c1C)C1CCN(C(C)C)CC1. The molecule has 2 aromatic rings. The van der Waals surface area contributed by atoms with Crippen molar-refractivity contribution in [3.63, 3.8) is 0 Å². The second kappa shape index (κ2) is 17.8. The van der Waals surface area contributed by atoms with Crippen LogP contribution >= 0.6 is 0 Å². The molecule has 1 saturated carbocycles. The van der Waals surface area contributed by atoms with Crippen LogP contribution in [0.3, 0.4) is 0 Å². The van der Waals surface area contributed by atoms with Crippen molar-refractivity contribution in [2.45, 2.75) is 117 Å². The molecule has 2 fully saturated rings. The van der Waals surface area contributed by atoms with Crippen molar-refractivity contribution in [1.29, 1.82) is 0 Å². The van der Waals surface area contributed by atoms with Gasteiger partial charge in [0.15, 0.2) is 0 Å². The maximum absolute atomic E-state index is 13.4. The Kier molecular flexibility index (Phi) is 14.7. The summed E-state index contributed by atoms with van der Waals surface area (Å²) >= 11 is 0. The number of methoxy groups -OCH3 is 2. The molecule has 0 spiro atoms. The van der Waals surface area contributed by atoms with Gasteiger partial charge < -0.3 is 24.2 Å². The lowest BCUT2D eigenvalue weighted by molar-refractivity contribution is -0.138. The Bertz CT molecular complexity index is 1480. The van der Waals surface area contributed by atoms with E-state index >= 15 is 0 Å². The second-order valence-corrected chi connectivity index (χ2v) is 13.5. The van der Waals surface area contributed by atoms with Gasteiger partial charge in [-0.1, -0.05) is 19.3 Å². The number of esters is 2. The third-order valence-corrected chi connectivity index (χ3v) is 10.2. The van der Waals surface area contributed by atoms with Crippen LogP contribution in [0.5, 0.6) is 0 Å². The van der Waals surface area contributed by atoms with Crippen LogP contribution < -0.4 is 9.80 Å². The second-order valence-electron chi connectivity index (χ2n) is 13.5. The van der Waals surface area contributed by atoms with E-state index in [1.54, 1.807) is 13.8 Å². The fourth-order valence-corrected chi connectivity index (χ4v) is 7.32. The van der Waals surface area contributed by atoms with Gasteiger partial charge >= 0.3 is 24.3 Å². The summed E-state index contributed by atoms with van der Waals surface area (Å²) in [6, 6.07) is 4.94. The predicted molar refractivity (Wildman–Crippen MR) is 188 cm³/mol. The Morgan fingerprint density at radius 1 is 0.706 bits per heavy atom. The molecule has 1 aliphatic carbocycles. The van der Waals surface area contributed by atoms with E-state index in [1.165, 1.54) is 32.8 Å². The van der Waals surface area contributed by atoms with E-state index in [0.29, 0.717) is 41.6 Å². The fourth-order valence-electron chi connectivity index (χ4n) is 7.32. The average molecular weight is 730 g/mol. The average Bonchev–Trinajstić information content (AvgIpc) is 3.09. The number of ether oxygens (including phenoxy) is 2. The van der Waals surface area contributed by atoms with Gasteiger partial charge in [-0.3, -0.25) is 0 Å². The summed E-state index contributed by atoms with van der Waals surface area (Å²) in [6.45, 7) is 14.6. The minimum atomic E-state index is -4.52. The number of anilines is 2. The first-order valence-corrected chi connectivity index (χ1v) is 17.8. The van der Waals surface area contributed by atoms with Crippen molar-refractivity contribution in [2.24, 2.45) is 0 Å². The molecule has 0 aromatic heterocycles. The van der Waals surface area contributed by atoms with Crippen LogP contribution in [0, 0.1) is 13.8 Å². The van der Waals surface area contributed by atoms with Crippen molar-refractivity contribution in [1.82, 2.24) is 4.90 Å². The Morgan fingerprint density at radius 2 is 1.08 bits per heavy atom. The van der Waals surface area contributed by atoms with Crippen molar-refractivity contribution >= 4 is 23.3 Å². The van der Waals surface area contributed by atoms with Gasteiger partial charge in [0.25, 0.3) is 0 Å². The maximum Gasteiger partial charge on any atom is 0.416 e. The van der Waals surface area contributed by atoms with Crippen LogP contribution in [-0.2, 0) is 21.8 Å². The molecule has 0 radical (unpaired) electrons. The zero-order valence-electron chi connectivity index (χ0n) is 31.1. The summed E-state index contributed by atoms with van der Waals surface area (Å²) in [5.74, 6) is -1.48. The molecule has 0 unspecified atom stereocenters. The summed E-state index contributed by atoms with van der Waals surface area (Å²) in [4.78, 5) is 30.4. The van der Waals surface area contributed by atoms with Crippen LogP contribution in [-0.4, -0.2) is 75.4 Å². The molecule has 1 heterocycles. The first-order valence-electron chi connectivity index (χ1n) is 17.8. The Morgan fingerprint density at radius 3 is 1.39 bits per heavy atom. The highest BCUT2D eigenvalue weighted by Gasteiger charge is 2.36. The summed E-state index contributed by atoms with van der Waals surface area (Å²) in [7, 11) is 2.36. The molecule has 0 amide bonds. The van der Waals surface area contributed by atoms with Gasteiger partial charge in [0.2, 0.25) is 0 Å². The molecule has 2 aliphatic rings. The number of alkyl halides is 6. The molecule has 51 heavy (non-hydrogen) atoms. The topological polar surface area (TPSA) is 62.3 Å². The number of benzene rings is 2. The highest BCUT2D eigenvalue weighted by Crippen LogP contribution is 2.39. The smallest absolute Gasteiger partial charge is 0.416 e. The van der Waals surface area contributed by atoms with Crippen LogP contribution in [0.4, 0.5) is 37.7 Å². The first-order chi connectivity index (χ1) is 23.9. The van der Waals surface area contributed by atoms with Crippen molar-refractivity contribution in [2.75, 3.05) is 50.2 Å². The van der Waals surface area contributed by atoms with E-state index < -0.39 is 35.4 Å². The third-order valence-electron chi connectivity index (χ3n) is 10.2. The predicted octanol–water partition coefficient (Wildman–Crippen LogP) is 9.46. The van der Waals surface area contributed by atoms with E-state index in [9.17, 15) is 35.9 Å². The largest absolute Gasteiger partial charge is 0.465 e. The molecule has 7 nitrogen and oxygen atoms in total. The van der Waals surface area contributed by atoms with Crippen LogP contribution in [0.25, 0.3) is 0 Å². The standard InChI is InChI=1S/C20H29F3N2O2.C18H24F3NO2/c1-6-25(16-7-9-24(10-8-16)13(2)3)18-12-15(20(21,22)23)11-17(14(18)4)19(26)27-5;1-4-22(14-8-6-5-7-9-14)16-11-13(18(19,20)21)10-15(12(16)2)17(23)24-3/h11-13,16H,6-10H2,1-5H3;10-11,14H,4-9H2,1-3H3. The van der Waals surface area contributed by atoms with Gasteiger partial charge in [0.1, 0.15) is 0 Å². The Balaban J connectivity index is 0.000000277. The lowest BCUT2D eigenvalue weighted by atomic mass is 9.92. The summed E-state index contributed by atoms with van der Waals surface area (Å²) in [6.07, 6.45) is -1.98. The van der Waals surface area contributed by atoms with Gasteiger partial charge in [0.05, 0.1) is 36.5 Å². The molecule has 1 saturated heterocycles.